The Hall–Kier alpha value is -2.99. The predicted octanol–water partition coefficient (Wildman–Crippen LogP) is 4.26. The number of rotatable bonds is 4. The van der Waals surface area contributed by atoms with Gasteiger partial charge >= 0.3 is 0 Å². The molecule has 0 aliphatic rings. The van der Waals surface area contributed by atoms with Gasteiger partial charge < -0.3 is 9.30 Å². The second-order valence-corrected chi connectivity index (χ2v) is 5.07. The Morgan fingerprint density at radius 1 is 1.14 bits per heavy atom. The summed E-state index contributed by atoms with van der Waals surface area (Å²) in [5, 5.41) is 10.6. The summed E-state index contributed by atoms with van der Waals surface area (Å²) in [6, 6.07) is 20.3. The summed E-state index contributed by atoms with van der Waals surface area (Å²) in [6.07, 6.45) is 4.48. The van der Waals surface area contributed by atoms with Crippen LogP contribution in [0.5, 0.6) is 5.75 Å². The van der Waals surface area contributed by atoms with Gasteiger partial charge in [0.2, 0.25) is 0 Å². The van der Waals surface area contributed by atoms with E-state index in [9.17, 15) is 5.26 Å². The van der Waals surface area contributed by atoms with Crippen molar-refractivity contribution >= 4 is 17.1 Å². The Morgan fingerprint density at radius 3 is 2.64 bits per heavy atom. The first-order chi connectivity index (χ1) is 10.8. The zero-order chi connectivity index (χ0) is 15.4. The van der Waals surface area contributed by atoms with Gasteiger partial charge in [-0.05, 0) is 35.2 Å². The number of benzene rings is 2. The number of ether oxygens (including phenoxy) is 1. The average molecular weight is 288 g/mol. The summed E-state index contributed by atoms with van der Waals surface area (Å²) in [7, 11) is 1.65. The molecule has 3 nitrogen and oxygen atoms in total. The second kappa shape index (κ2) is 6.19. The second-order valence-electron chi connectivity index (χ2n) is 5.07. The minimum absolute atomic E-state index is 0.604. The third-order valence-electron chi connectivity index (χ3n) is 3.62. The van der Waals surface area contributed by atoms with Crippen LogP contribution in [0.3, 0.4) is 0 Å². The van der Waals surface area contributed by atoms with Crippen LogP contribution in [0.25, 0.3) is 17.1 Å². The number of hydrogen-bond acceptors (Lipinski definition) is 2. The number of aromatic nitrogens is 1. The Balaban J connectivity index is 1.88. The molecule has 1 heterocycles. The third-order valence-corrected chi connectivity index (χ3v) is 3.62. The first kappa shape index (κ1) is 14.0. The fourth-order valence-corrected chi connectivity index (χ4v) is 2.46. The average Bonchev–Trinajstić information content (AvgIpc) is 2.98. The highest BCUT2D eigenvalue weighted by molar-refractivity contribution is 5.82. The van der Waals surface area contributed by atoms with Crippen LogP contribution in [0.2, 0.25) is 0 Å². The van der Waals surface area contributed by atoms with Crippen molar-refractivity contribution < 1.29 is 4.74 Å². The van der Waals surface area contributed by atoms with E-state index in [-0.39, 0.29) is 0 Å². The molecule has 0 bridgehead atoms. The Labute approximate surface area is 129 Å². The summed E-state index contributed by atoms with van der Waals surface area (Å²) in [6.45, 7) is 0. The molecule has 0 spiro atoms. The number of hydrogen-bond donors (Lipinski definition) is 0. The van der Waals surface area contributed by atoms with Gasteiger partial charge in [0.15, 0.2) is 0 Å². The quantitative estimate of drug-likeness (QED) is 0.673. The molecule has 0 radical (unpaired) electrons. The van der Waals surface area contributed by atoms with Gasteiger partial charge in [-0.15, -0.1) is 0 Å². The van der Waals surface area contributed by atoms with Crippen molar-refractivity contribution in [2.75, 3.05) is 7.11 Å². The van der Waals surface area contributed by atoms with Crippen LogP contribution in [-0.2, 0) is 6.42 Å². The van der Waals surface area contributed by atoms with Crippen molar-refractivity contribution in [3.8, 4) is 11.8 Å². The highest BCUT2D eigenvalue weighted by Crippen LogP contribution is 2.18. The summed E-state index contributed by atoms with van der Waals surface area (Å²) in [5.74, 6) is 0.822. The SMILES string of the molecule is COc1ccc(C/C(C#N)=C\n2ccc3ccccc32)cc1. The number of nitriles is 1. The lowest BCUT2D eigenvalue weighted by Gasteiger charge is -2.04. The zero-order valence-electron chi connectivity index (χ0n) is 12.4. The van der Waals surface area contributed by atoms with Gasteiger partial charge in [0, 0.05) is 18.8 Å². The van der Waals surface area contributed by atoms with Crippen LogP contribution in [-0.4, -0.2) is 11.7 Å². The maximum absolute atomic E-state index is 9.40. The first-order valence-electron chi connectivity index (χ1n) is 7.09. The highest BCUT2D eigenvalue weighted by atomic mass is 16.5. The summed E-state index contributed by atoms with van der Waals surface area (Å²) in [5.41, 5.74) is 2.90. The lowest BCUT2D eigenvalue weighted by molar-refractivity contribution is 0.414. The third kappa shape index (κ3) is 2.87. The van der Waals surface area contributed by atoms with Gasteiger partial charge in [-0.3, -0.25) is 0 Å². The van der Waals surface area contributed by atoms with E-state index in [4.69, 9.17) is 4.74 Å². The predicted molar refractivity (Wildman–Crippen MR) is 88.5 cm³/mol. The van der Waals surface area contributed by atoms with E-state index in [2.05, 4.69) is 12.1 Å². The molecule has 3 rings (SSSR count). The Morgan fingerprint density at radius 2 is 1.91 bits per heavy atom. The fourth-order valence-electron chi connectivity index (χ4n) is 2.46. The lowest BCUT2D eigenvalue weighted by atomic mass is 10.1. The monoisotopic (exact) mass is 288 g/mol. The van der Waals surface area contributed by atoms with E-state index >= 15 is 0 Å². The molecule has 0 aliphatic carbocycles. The van der Waals surface area contributed by atoms with E-state index in [0.29, 0.717) is 12.0 Å². The highest BCUT2D eigenvalue weighted by Gasteiger charge is 2.02. The number of nitrogens with zero attached hydrogens (tertiary/aromatic N) is 2. The Bertz CT molecular complexity index is 851. The number of para-hydroxylation sites is 1. The van der Waals surface area contributed by atoms with Crippen LogP contribution in [0, 0.1) is 11.3 Å². The Kier molecular flexibility index (Phi) is 3.93. The van der Waals surface area contributed by atoms with E-state index in [0.717, 1.165) is 16.8 Å². The van der Waals surface area contributed by atoms with E-state index < -0.39 is 0 Å². The van der Waals surface area contributed by atoms with Crippen LogP contribution in [0.1, 0.15) is 5.56 Å². The van der Waals surface area contributed by atoms with E-state index in [1.165, 1.54) is 5.39 Å². The molecule has 2 aromatic carbocycles. The molecular formula is C19H16N2O. The van der Waals surface area contributed by atoms with Crippen molar-refractivity contribution in [1.29, 1.82) is 5.26 Å². The zero-order valence-corrected chi connectivity index (χ0v) is 12.4. The van der Waals surface area contributed by atoms with Crippen molar-refractivity contribution in [3.05, 3.63) is 71.9 Å². The van der Waals surface area contributed by atoms with E-state index in [1.807, 2.05) is 65.5 Å². The first-order valence-corrected chi connectivity index (χ1v) is 7.09. The number of allylic oxidation sites excluding steroid dienone is 1. The van der Waals surface area contributed by atoms with Gasteiger partial charge in [-0.2, -0.15) is 5.26 Å². The standard InChI is InChI=1S/C19H16N2O/c1-22-18-8-6-15(7-9-18)12-16(13-20)14-21-11-10-17-4-2-3-5-19(17)21/h2-11,14H,12H2,1H3/b16-14+. The molecule has 0 N–H and O–H groups in total. The van der Waals surface area contributed by atoms with Crippen molar-refractivity contribution in [2.45, 2.75) is 6.42 Å². The van der Waals surface area contributed by atoms with Crippen LogP contribution in [0.4, 0.5) is 0 Å². The van der Waals surface area contributed by atoms with Gasteiger partial charge in [-0.1, -0.05) is 30.3 Å². The smallest absolute Gasteiger partial charge is 0.118 e. The minimum atomic E-state index is 0.604. The fraction of sp³-hybridized carbons (Fsp3) is 0.105. The lowest BCUT2D eigenvalue weighted by Crippen LogP contribution is -1.92. The maximum atomic E-state index is 9.40. The molecule has 108 valence electrons. The van der Waals surface area contributed by atoms with Gasteiger partial charge in [0.05, 0.1) is 24.3 Å². The van der Waals surface area contributed by atoms with Crippen molar-refractivity contribution in [2.24, 2.45) is 0 Å². The molecular weight excluding hydrogens is 272 g/mol. The van der Waals surface area contributed by atoms with Crippen LogP contribution in [0.15, 0.2) is 66.4 Å². The number of fused-ring (bicyclic) bond motifs is 1. The molecule has 0 amide bonds. The van der Waals surface area contributed by atoms with E-state index in [1.54, 1.807) is 7.11 Å². The molecule has 3 aromatic rings. The van der Waals surface area contributed by atoms with Crippen molar-refractivity contribution in [1.82, 2.24) is 4.57 Å². The molecule has 22 heavy (non-hydrogen) atoms. The van der Waals surface area contributed by atoms with Crippen LogP contribution >= 0.6 is 0 Å². The normalized spacial score (nSPS) is 11.4. The number of methoxy groups -OCH3 is 1. The molecule has 1 aromatic heterocycles. The van der Waals surface area contributed by atoms with Gasteiger partial charge in [0.25, 0.3) is 0 Å². The molecule has 0 atom stereocenters. The summed E-state index contributed by atoms with van der Waals surface area (Å²) < 4.78 is 7.15. The van der Waals surface area contributed by atoms with Crippen molar-refractivity contribution in [3.63, 3.8) is 0 Å². The topological polar surface area (TPSA) is 37.9 Å². The molecule has 0 saturated carbocycles. The minimum Gasteiger partial charge on any atom is -0.497 e. The summed E-state index contributed by atoms with van der Waals surface area (Å²) >= 11 is 0. The molecule has 3 heteroatoms. The van der Waals surface area contributed by atoms with Gasteiger partial charge in [0.1, 0.15) is 5.75 Å². The van der Waals surface area contributed by atoms with Crippen LogP contribution < -0.4 is 4.74 Å². The summed E-state index contributed by atoms with van der Waals surface area (Å²) in [4.78, 5) is 0. The molecule has 0 fully saturated rings. The maximum Gasteiger partial charge on any atom is 0.118 e. The van der Waals surface area contributed by atoms with Gasteiger partial charge in [-0.25, -0.2) is 0 Å². The molecule has 0 saturated heterocycles. The molecule has 0 unspecified atom stereocenters. The molecule has 0 aliphatic heterocycles. The largest absolute Gasteiger partial charge is 0.497 e.